The summed E-state index contributed by atoms with van der Waals surface area (Å²) in [7, 11) is 0. The van der Waals surface area contributed by atoms with E-state index in [0.29, 0.717) is 5.75 Å². The van der Waals surface area contributed by atoms with E-state index in [1.54, 1.807) is 6.07 Å². The monoisotopic (exact) mass is 269 g/mol. The fraction of sp³-hybridized carbons (Fsp3) is 0.294. The Kier molecular flexibility index (Phi) is 3.50. The standard InChI is InChI=1S/C17H19NO2/c1-13(14-7-2-4-9-16(14)19)18-11-6-12-20-17-10-5-3-8-15(17)18/h2-5,7-10,13,19H,6,11-12H2,1H3. The lowest BCUT2D eigenvalue weighted by molar-refractivity contribution is 0.322. The highest BCUT2D eigenvalue weighted by Crippen LogP contribution is 2.38. The van der Waals surface area contributed by atoms with Crippen molar-refractivity contribution in [3.63, 3.8) is 0 Å². The molecule has 1 atom stereocenters. The van der Waals surface area contributed by atoms with Gasteiger partial charge in [-0.25, -0.2) is 0 Å². The van der Waals surface area contributed by atoms with Crippen molar-refractivity contribution >= 4 is 5.69 Å². The number of ether oxygens (including phenoxy) is 1. The molecule has 20 heavy (non-hydrogen) atoms. The van der Waals surface area contributed by atoms with E-state index in [9.17, 15) is 5.11 Å². The molecule has 1 unspecified atom stereocenters. The Morgan fingerprint density at radius 2 is 1.85 bits per heavy atom. The largest absolute Gasteiger partial charge is 0.508 e. The molecule has 3 heteroatoms. The first-order valence-corrected chi connectivity index (χ1v) is 7.04. The zero-order valence-corrected chi connectivity index (χ0v) is 11.6. The number of phenols is 1. The molecule has 0 spiro atoms. The van der Waals surface area contributed by atoms with Crippen molar-refractivity contribution < 1.29 is 9.84 Å². The predicted molar refractivity (Wildman–Crippen MR) is 80.4 cm³/mol. The Bertz CT molecular complexity index is 597. The number of hydrogen-bond donors (Lipinski definition) is 1. The maximum Gasteiger partial charge on any atom is 0.142 e. The van der Waals surface area contributed by atoms with Crippen LogP contribution in [0.3, 0.4) is 0 Å². The molecule has 0 fully saturated rings. The number of phenolic OH excluding ortho intramolecular Hbond substituents is 1. The maximum atomic E-state index is 10.1. The molecule has 1 aliphatic heterocycles. The number of nitrogens with zero attached hydrogens (tertiary/aromatic N) is 1. The minimum atomic E-state index is 0.110. The lowest BCUT2D eigenvalue weighted by Crippen LogP contribution is -2.27. The molecule has 1 heterocycles. The zero-order valence-electron chi connectivity index (χ0n) is 11.6. The van der Waals surface area contributed by atoms with Gasteiger partial charge in [-0.15, -0.1) is 0 Å². The van der Waals surface area contributed by atoms with Crippen LogP contribution in [0.2, 0.25) is 0 Å². The summed E-state index contributed by atoms with van der Waals surface area (Å²) in [5.74, 6) is 1.27. The van der Waals surface area contributed by atoms with E-state index >= 15 is 0 Å². The van der Waals surface area contributed by atoms with Gasteiger partial charge in [-0.3, -0.25) is 0 Å². The van der Waals surface area contributed by atoms with Crippen LogP contribution in [-0.2, 0) is 0 Å². The van der Waals surface area contributed by atoms with E-state index in [2.05, 4.69) is 17.9 Å². The predicted octanol–water partition coefficient (Wildman–Crippen LogP) is 3.74. The number of anilines is 1. The minimum Gasteiger partial charge on any atom is -0.508 e. The number of hydrogen-bond acceptors (Lipinski definition) is 3. The second-order valence-corrected chi connectivity index (χ2v) is 5.10. The molecule has 0 aromatic heterocycles. The highest BCUT2D eigenvalue weighted by atomic mass is 16.5. The van der Waals surface area contributed by atoms with Gasteiger partial charge in [0.1, 0.15) is 11.5 Å². The summed E-state index contributed by atoms with van der Waals surface area (Å²) in [6, 6.07) is 15.8. The average molecular weight is 269 g/mol. The molecule has 2 aromatic rings. The lowest BCUT2D eigenvalue weighted by atomic mass is 10.0. The van der Waals surface area contributed by atoms with Gasteiger partial charge in [0.25, 0.3) is 0 Å². The van der Waals surface area contributed by atoms with Crippen LogP contribution in [0.15, 0.2) is 48.5 Å². The normalized spacial score (nSPS) is 15.9. The van der Waals surface area contributed by atoms with Gasteiger partial charge in [0, 0.05) is 12.1 Å². The van der Waals surface area contributed by atoms with E-state index in [4.69, 9.17) is 4.74 Å². The highest BCUT2D eigenvalue weighted by Gasteiger charge is 2.23. The Morgan fingerprint density at radius 3 is 2.70 bits per heavy atom. The molecular weight excluding hydrogens is 250 g/mol. The van der Waals surface area contributed by atoms with Gasteiger partial charge in [-0.1, -0.05) is 30.3 Å². The van der Waals surface area contributed by atoms with Crippen molar-refractivity contribution in [2.45, 2.75) is 19.4 Å². The Morgan fingerprint density at radius 1 is 1.10 bits per heavy atom. The number of rotatable bonds is 2. The molecule has 104 valence electrons. The molecule has 3 nitrogen and oxygen atoms in total. The van der Waals surface area contributed by atoms with Gasteiger partial charge < -0.3 is 14.7 Å². The maximum absolute atomic E-state index is 10.1. The summed E-state index contributed by atoms with van der Waals surface area (Å²) >= 11 is 0. The third-order valence-electron chi connectivity index (χ3n) is 3.83. The first-order valence-electron chi connectivity index (χ1n) is 7.04. The van der Waals surface area contributed by atoms with Gasteiger partial charge in [0.05, 0.1) is 18.3 Å². The number of para-hydroxylation sites is 3. The van der Waals surface area contributed by atoms with E-state index in [1.165, 1.54) is 0 Å². The van der Waals surface area contributed by atoms with Crippen LogP contribution in [0, 0.1) is 0 Å². The van der Waals surface area contributed by atoms with Crippen molar-refractivity contribution in [1.82, 2.24) is 0 Å². The Labute approximate surface area is 119 Å². The van der Waals surface area contributed by atoms with Crippen LogP contribution >= 0.6 is 0 Å². The molecule has 0 amide bonds. The molecule has 1 aliphatic rings. The van der Waals surface area contributed by atoms with Crippen molar-refractivity contribution in [3.05, 3.63) is 54.1 Å². The fourth-order valence-electron chi connectivity index (χ4n) is 2.76. The third kappa shape index (κ3) is 2.31. The summed E-state index contributed by atoms with van der Waals surface area (Å²) in [6.45, 7) is 3.78. The van der Waals surface area contributed by atoms with Gasteiger partial charge in [-0.2, -0.15) is 0 Å². The van der Waals surface area contributed by atoms with E-state index in [1.807, 2.05) is 36.4 Å². The molecule has 0 aliphatic carbocycles. The molecule has 0 saturated heterocycles. The molecular formula is C17H19NO2. The van der Waals surface area contributed by atoms with E-state index in [-0.39, 0.29) is 6.04 Å². The van der Waals surface area contributed by atoms with Gasteiger partial charge in [0.2, 0.25) is 0 Å². The SMILES string of the molecule is CC(c1ccccc1O)N1CCCOc2ccccc21. The smallest absolute Gasteiger partial charge is 0.142 e. The first-order chi connectivity index (χ1) is 9.77. The number of aromatic hydroxyl groups is 1. The third-order valence-corrected chi connectivity index (χ3v) is 3.83. The second kappa shape index (κ2) is 5.45. The molecule has 0 saturated carbocycles. The topological polar surface area (TPSA) is 32.7 Å². The van der Waals surface area contributed by atoms with Gasteiger partial charge in [0.15, 0.2) is 0 Å². The van der Waals surface area contributed by atoms with Gasteiger partial charge >= 0.3 is 0 Å². The molecule has 0 radical (unpaired) electrons. The summed E-state index contributed by atoms with van der Waals surface area (Å²) in [6.07, 6.45) is 0.979. The van der Waals surface area contributed by atoms with Crippen LogP contribution in [-0.4, -0.2) is 18.3 Å². The molecule has 0 bridgehead atoms. The first kappa shape index (κ1) is 12.9. The molecule has 2 aromatic carbocycles. The minimum absolute atomic E-state index is 0.110. The summed E-state index contributed by atoms with van der Waals surface area (Å²) < 4.78 is 5.79. The quantitative estimate of drug-likeness (QED) is 0.901. The van der Waals surface area contributed by atoms with Gasteiger partial charge in [-0.05, 0) is 31.5 Å². The van der Waals surface area contributed by atoms with Crippen LogP contribution in [0.1, 0.15) is 24.9 Å². The van der Waals surface area contributed by atoms with E-state index < -0.39 is 0 Å². The highest BCUT2D eigenvalue weighted by molar-refractivity contribution is 5.60. The Balaban J connectivity index is 1.99. The lowest BCUT2D eigenvalue weighted by Gasteiger charge is -2.31. The summed E-state index contributed by atoms with van der Waals surface area (Å²) in [5, 5.41) is 10.1. The summed E-state index contributed by atoms with van der Waals surface area (Å²) in [4.78, 5) is 2.30. The summed E-state index contributed by atoms with van der Waals surface area (Å²) in [5.41, 5.74) is 2.05. The van der Waals surface area contributed by atoms with E-state index in [0.717, 1.165) is 36.6 Å². The van der Waals surface area contributed by atoms with Crippen molar-refractivity contribution in [3.8, 4) is 11.5 Å². The molecule has 1 N–H and O–H groups in total. The van der Waals surface area contributed by atoms with Crippen LogP contribution < -0.4 is 9.64 Å². The zero-order chi connectivity index (χ0) is 13.9. The molecule has 3 rings (SSSR count). The Hall–Kier alpha value is -2.16. The van der Waals surface area contributed by atoms with Crippen molar-refractivity contribution in [1.29, 1.82) is 0 Å². The average Bonchev–Trinajstić information content (AvgIpc) is 2.69. The number of benzene rings is 2. The van der Waals surface area contributed by atoms with Crippen LogP contribution in [0.4, 0.5) is 5.69 Å². The van der Waals surface area contributed by atoms with Crippen LogP contribution in [0.5, 0.6) is 11.5 Å². The van der Waals surface area contributed by atoms with Crippen molar-refractivity contribution in [2.75, 3.05) is 18.1 Å². The van der Waals surface area contributed by atoms with Crippen molar-refractivity contribution in [2.24, 2.45) is 0 Å². The van der Waals surface area contributed by atoms with Crippen LogP contribution in [0.25, 0.3) is 0 Å². The fourth-order valence-corrected chi connectivity index (χ4v) is 2.76. The number of fused-ring (bicyclic) bond motifs is 1. The second-order valence-electron chi connectivity index (χ2n) is 5.10.